The van der Waals surface area contributed by atoms with Gasteiger partial charge in [0.05, 0.1) is 5.92 Å². The Balaban J connectivity index is 1.46. The fraction of sp³-hybridized carbons (Fsp3) is 0.667. The van der Waals surface area contributed by atoms with Crippen molar-refractivity contribution in [1.82, 2.24) is 9.80 Å². The Morgan fingerprint density at radius 2 is 1.96 bits per heavy atom. The average molecular weight is 350 g/mol. The summed E-state index contributed by atoms with van der Waals surface area (Å²) < 4.78 is 0. The van der Waals surface area contributed by atoms with E-state index >= 15 is 0 Å². The Hall–Kier alpha value is -1.40. The van der Waals surface area contributed by atoms with Crippen LogP contribution in [-0.4, -0.2) is 52.5 Å². The first-order chi connectivity index (χ1) is 11.5. The van der Waals surface area contributed by atoms with Crippen LogP contribution in [0.3, 0.4) is 0 Å². The van der Waals surface area contributed by atoms with E-state index in [1.54, 1.807) is 0 Å². The van der Waals surface area contributed by atoms with Crippen LogP contribution in [0.5, 0.6) is 0 Å². The second-order valence-corrected chi connectivity index (χ2v) is 8.33. The highest BCUT2D eigenvalue weighted by Crippen LogP contribution is 2.30. The van der Waals surface area contributed by atoms with Gasteiger partial charge in [0.2, 0.25) is 5.91 Å². The summed E-state index contributed by atoms with van der Waals surface area (Å²) in [6, 6.07) is 4.98. The zero-order valence-electron chi connectivity index (χ0n) is 14.2. The summed E-state index contributed by atoms with van der Waals surface area (Å²) >= 11 is 1.83. The van der Waals surface area contributed by atoms with Gasteiger partial charge in [0.1, 0.15) is 0 Å². The highest BCUT2D eigenvalue weighted by Gasteiger charge is 2.31. The van der Waals surface area contributed by atoms with Gasteiger partial charge in [-0.1, -0.05) is 0 Å². The minimum absolute atomic E-state index is 0.173. The lowest BCUT2D eigenvalue weighted by molar-refractivity contribution is -0.145. The molecule has 1 amide bonds. The third-order valence-electron chi connectivity index (χ3n) is 5.03. The third kappa shape index (κ3) is 4.57. The Morgan fingerprint density at radius 3 is 2.50 bits per heavy atom. The predicted molar refractivity (Wildman–Crippen MR) is 94.0 cm³/mol. The Labute approximate surface area is 147 Å². The standard InChI is InChI=1S/C18H26N2O3S/c1-13-2-5-16(24-13)12-20(15-3-4-15)11-8-17(21)19-9-6-14(7-10-19)18(22)23/h2,5,14-15H,3-4,6-12H2,1H3,(H,22,23). The molecule has 2 heterocycles. The zero-order chi connectivity index (χ0) is 17.1. The van der Waals surface area contributed by atoms with Crippen molar-refractivity contribution in [2.24, 2.45) is 5.92 Å². The molecule has 2 fully saturated rings. The molecule has 1 saturated heterocycles. The van der Waals surface area contributed by atoms with Gasteiger partial charge in [0.25, 0.3) is 0 Å². The number of hydrogen-bond donors (Lipinski definition) is 1. The van der Waals surface area contributed by atoms with Crippen molar-refractivity contribution in [2.45, 2.75) is 51.6 Å². The number of likely N-dealkylation sites (tertiary alicyclic amines) is 1. The van der Waals surface area contributed by atoms with Crippen molar-refractivity contribution in [2.75, 3.05) is 19.6 Å². The smallest absolute Gasteiger partial charge is 0.306 e. The van der Waals surface area contributed by atoms with E-state index in [4.69, 9.17) is 5.11 Å². The molecule has 1 aliphatic carbocycles. The van der Waals surface area contributed by atoms with Crippen LogP contribution in [0.15, 0.2) is 12.1 Å². The van der Waals surface area contributed by atoms with Crippen molar-refractivity contribution in [3.63, 3.8) is 0 Å². The van der Waals surface area contributed by atoms with Gasteiger partial charge in [0, 0.05) is 48.4 Å². The first kappa shape index (κ1) is 17.4. The fourth-order valence-corrected chi connectivity index (χ4v) is 4.29. The molecular weight excluding hydrogens is 324 g/mol. The van der Waals surface area contributed by atoms with Crippen LogP contribution in [0.4, 0.5) is 0 Å². The monoisotopic (exact) mass is 350 g/mol. The van der Waals surface area contributed by atoms with Crippen LogP contribution in [0, 0.1) is 12.8 Å². The molecule has 1 aromatic rings. The lowest BCUT2D eigenvalue weighted by Gasteiger charge is -2.31. The normalized spacial score (nSPS) is 19.0. The van der Waals surface area contributed by atoms with Crippen LogP contribution in [0.1, 0.15) is 41.9 Å². The van der Waals surface area contributed by atoms with Gasteiger partial charge in [-0.05, 0) is 44.7 Å². The van der Waals surface area contributed by atoms with E-state index in [1.807, 2.05) is 16.2 Å². The number of aryl methyl sites for hydroxylation is 1. The van der Waals surface area contributed by atoms with E-state index in [0.717, 1.165) is 13.1 Å². The van der Waals surface area contributed by atoms with E-state index in [9.17, 15) is 9.59 Å². The van der Waals surface area contributed by atoms with Crippen LogP contribution in [0.2, 0.25) is 0 Å². The number of carbonyl (C=O) groups excluding carboxylic acids is 1. The molecule has 2 aliphatic rings. The number of carbonyl (C=O) groups is 2. The number of carboxylic acid groups (broad SMARTS) is 1. The van der Waals surface area contributed by atoms with E-state index in [-0.39, 0.29) is 11.8 Å². The van der Waals surface area contributed by atoms with Gasteiger partial charge in [-0.3, -0.25) is 14.5 Å². The summed E-state index contributed by atoms with van der Waals surface area (Å²) in [5.74, 6) is -0.834. The molecule has 3 rings (SSSR count). The van der Waals surface area contributed by atoms with Crippen molar-refractivity contribution in [3.05, 3.63) is 21.9 Å². The summed E-state index contributed by atoms with van der Waals surface area (Å²) in [7, 11) is 0. The van der Waals surface area contributed by atoms with Crippen LogP contribution >= 0.6 is 11.3 Å². The topological polar surface area (TPSA) is 60.9 Å². The van der Waals surface area contributed by atoms with Crippen LogP contribution in [-0.2, 0) is 16.1 Å². The molecule has 0 bridgehead atoms. The van der Waals surface area contributed by atoms with E-state index in [1.165, 1.54) is 22.6 Å². The molecule has 5 nitrogen and oxygen atoms in total. The molecule has 132 valence electrons. The summed E-state index contributed by atoms with van der Waals surface area (Å²) in [6.45, 7) is 5.05. The number of aliphatic carboxylic acids is 1. The van der Waals surface area contributed by atoms with Gasteiger partial charge < -0.3 is 10.0 Å². The van der Waals surface area contributed by atoms with Crippen molar-refractivity contribution < 1.29 is 14.7 Å². The van der Waals surface area contributed by atoms with Crippen LogP contribution < -0.4 is 0 Å². The molecule has 1 aromatic heterocycles. The molecular formula is C18H26N2O3S. The van der Waals surface area contributed by atoms with E-state index in [0.29, 0.717) is 38.4 Å². The number of thiophene rings is 1. The highest BCUT2D eigenvalue weighted by atomic mass is 32.1. The first-order valence-corrected chi connectivity index (χ1v) is 9.64. The highest BCUT2D eigenvalue weighted by molar-refractivity contribution is 7.11. The summed E-state index contributed by atoms with van der Waals surface area (Å²) in [4.78, 5) is 30.4. The molecule has 0 radical (unpaired) electrons. The number of hydrogen-bond acceptors (Lipinski definition) is 4. The van der Waals surface area contributed by atoms with E-state index in [2.05, 4.69) is 24.0 Å². The molecule has 0 aromatic carbocycles. The first-order valence-electron chi connectivity index (χ1n) is 8.83. The quantitative estimate of drug-likeness (QED) is 0.821. The molecule has 0 unspecified atom stereocenters. The van der Waals surface area contributed by atoms with Crippen molar-refractivity contribution in [1.29, 1.82) is 0 Å². The molecule has 1 N–H and O–H groups in total. The Kier molecular flexibility index (Phi) is 5.56. The molecule has 6 heteroatoms. The average Bonchev–Trinajstić information content (AvgIpc) is 3.34. The number of carboxylic acids is 1. The second-order valence-electron chi connectivity index (χ2n) is 6.96. The number of piperidine rings is 1. The SMILES string of the molecule is Cc1ccc(CN(CCC(=O)N2CCC(C(=O)O)CC2)C2CC2)s1. The maximum absolute atomic E-state index is 12.4. The number of nitrogens with zero attached hydrogens (tertiary/aromatic N) is 2. The summed E-state index contributed by atoms with van der Waals surface area (Å²) in [5.41, 5.74) is 0. The van der Waals surface area contributed by atoms with Gasteiger partial charge in [-0.15, -0.1) is 11.3 Å². The number of amides is 1. The maximum Gasteiger partial charge on any atom is 0.306 e. The van der Waals surface area contributed by atoms with Crippen molar-refractivity contribution in [3.8, 4) is 0 Å². The summed E-state index contributed by atoms with van der Waals surface area (Å²) in [6.07, 6.45) is 4.19. The van der Waals surface area contributed by atoms with Gasteiger partial charge in [-0.25, -0.2) is 0 Å². The minimum atomic E-state index is -0.728. The molecule has 24 heavy (non-hydrogen) atoms. The maximum atomic E-state index is 12.4. The molecule has 0 atom stereocenters. The molecule has 1 saturated carbocycles. The lowest BCUT2D eigenvalue weighted by atomic mass is 9.97. The third-order valence-corrected chi connectivity index (χ3v) is 6.01. The fourth-order valence-electron chi connectivity index (χ4n) is 3.37. The molecule has 1 aliphatic heterocycles. The molecule has 0 spiro atoms. The largest absolute Gasteiger partial charge is 0.481 e. The van der Waals surface area contributed by atoms with Crippen molar-refractivity contribution >= 4 is 23.2 Å². The van der Waals surface area contributed by atoms with E-state index < -0.39 is 5.97 Å². The predicted octanol–water partition coefficient (Wildman–Crippen LogP) is 2.73. The number of rotatable bonds is 7. The Bertz CT molecular complexity index is 589. The Morgan fingerprint density at radius 1 is 1.25 bits per heavy atom. The summed E-state index contributed by atoms with van der Waals surface area (Å²) in [5, 5.41) is 9.04. The van der Waals surface area contributed by atoms with Gasteiger partial charge >= 0.3 is 5.97 Å². The van der Waals surface area contributed by atoms with Crippen LogP contribution in [0.25, 0.3) is 0 Å². The van der Waals surface area contributed by atoms with Gasteiger partial charge in [0.15, 0.2) is 0 Å². The van der Waals surface area contributed by atoms with Gasteiger partial charge in [-0.2, -0.15) is 0 Å². The zero-order valence-corrected chi connectivity index (χ0v) is 15.1. The lowest BCUT2D eigenvalue weighted by Crippen LogP contribution is -2.41. The minimum Gasteiger partial charge on any atom is -0.481 e. The second kappa shape index (κ2) is 7.66.